The normalized spacial score (nSPS) is 20.1. The monoisotopic (exact) mass is 321 g/mol. The lowest BCUT2D eigenvalue weighted by molar-refractivity contribution is -0.144. The van der Waals surface area contributed by atoms with Crippen LogP contribution >= 0.6 is 11.6 Å². The minimum atomic E-state index is -3.78. The van der Waals surface area contributed by atoms with Gasteiger partial charge in [-0.25, -0.2) is 12.8 Å². The number of methoxy groups -OCH3 is 1. The fourth-order valence-corrected chi connectivity index (χ4v) is 3.86. The molecular weight excluding hydrogens is 309 g/mol. The van der Waals surface area contributed by atoms with Gasteiger partial charge in [0, 0.05) is 13.1 Å². The second kappa shape index (κ2) is 5.67. The highest BCUT2D eigenvalue weighted by atomic mass is 35.5. The molecule has 110 valence electrons. The fourth-order valence-electron chi connectivity index (χ4n) is 2.09. The Morgan fingerprint density at radius 1 is 1.50 bits per heavy atom. The van der Waals surface area contributed by atoms with Gasteiger partial charge < -0.3 is 4.74 Å². The SMILES string of the molecule is COC(=O)C1CCN(S(=O)(=O)c2ccc(F)c(Cl)c2)C1. The molecule has 1 unspecified atom stereocenters. The Labute approximate surface area is 121 Å². The lowest BCUT2D eigenvalue weighted by Crippen LogP contribution is -2.30. The molecule has 8 heteroatoms. The molecule has 1 aliphatic heterocycles. The Balaban J connectivity index is 2.23. The number of esters is 1. The molecule has 1 atom stereocenters. The van der Waals surface area contributed by atoms with Crippen LogP contribution in [0.4, 0.5) is 4.39 Å². The molecule has 1 heterocycles. The van der Waals surface area contributed by atoms with E-state index in [1.165, 1.54) is 11.4 Å². The number of benzene rings is 1. The topological polar surface area (TPSA) is 63.7 Å². The summed E-state index contributed by atoms with van der Waals surface area (Å²) in [6, 6.07) is 3.22. The van der Waals surface area contributed by atoms with Gasteiger partial charge in [-0.05, 0) is 24.6 Å². The summed E-state index contributed by atoms with van der Waals surface area (Å²) in [5, 5.41) is -0.255. The van der Waals surface area contributed by atoms with Crippen LogP contribution in [0.5, 0.6) is 0 Å². The molecule has 0 N–H and O–H groups in total. The van der Waals surface area contributed by atoms with E-state index in [1.54, 1.807) is 0 Å². The van der Waals surface area contributed by atoms with E-state index in [9.17, 15) is 17.6 Å². The molecule has 0 aromatic heterocycles. The molecule has 1 saturated heterocycles. The second-order valence-corrected chi connectivity index (χ2v) is 6.79. The van der Waals surface area contributed by atoms with Gasteiger partial charge in [-0.1, -0.05) is 11.6 Å². The number of hydrogen-bond donors (Lipinski definition) is 0. The average Bonchev–Trinajstić information content (AvgIpc) is 2.91. The minimum Gasteiger partial charge on any atom is -0.469 e. The molecule has 0 bridgehead atoms. The maximum absolute atomic E-state index is 13.1. The van der Waals surface area contributed by atoms with Crippen molar-refractivity contribution in [2.24, 2.45) is 5.92 Å². The van der Waals surface area contributed by atoms with E-state index >= 15 is 0 Å². The van der Waals surface area contributed by atoms with Crippen molar-refractivity contribution in [3.63, 3.8) is 0 Å². The molecule has 5 nitrogen and oxygen atoms in total. The molecule has 1 aromatic rings. The van der Waals surface area contributed by atoms with Gasteiger partial charge in [0.25, 0.3) is 0 Å². The Morgan fingerprint density at radius 3 is 2.80 bits per heavy atom. The second-order valence-electron chi connectivity index (χ2n) is 4.45. The third-order valence-corrected chi connectivity index (χ3v) is 5.37. The summed E-state index contributed by atoms with van der Waals surface area (Å²) in [7, 11) is -2.52. The first kappa shape index (κ1) is 15.2. The summed E-state index contributed by atoms with van der Waals surface area (Å²) >= 11 is 5.60. The number of carbonyl (C=O) groups is 1. The molecule has 0 spiro atoms. The zero-order chi connectivity index (χ0) is 14.9. The molecule has 0 saturated carbocycles. The number of sulfonamides is 1. The molecule has 1 aromatic carbocycles. The highest BCUT2D eigenvalue weighted by Crippen LogP contribution is 2.27. The lowest BCUT2D eigenvalue weighted by Gasteiger charge is -2.16. The van der Waals surface area contributed by atoms with E-state index in [0.717, 1.165) is 18.2 Å². The van der Waals surface area contributed by atoms with E-state index in [4.69, 9.17) is 11.6 Å². The van der Waals surface area contributed by atoms with Gasteiger partial charge in [-0.3, -0.25) is 4.79 Å². The molecule has 0 radical (unpaired) electrons. The zero-order valence-corrected chi connectivity index (χ0v) is 12.2. The summed E-state index contributed by atoms with van der Waals surface area (Å²) < 4.78 is 43.6. The first-order valence-corrected chi connectivity index (χ1v) is 7.71. The van der Waals surface area contributed by atoms with Crippen LogP contribution in [0.2, 0.25) is 5.02 Å². The van der Waals surface area contributed by atoms with Crippen LogP contribution in [0.15, 0.2) is 23.1 Å². The van der Waals surface area contributed by atoms with Crippen LogP contribution in [0, 0.1) is 11.7 Å². The standard InChI is InChI=1S/C12H13ClFNO4S/c1-19-12(16)8-4-5-15(7-8)20(17,18)9-2-3-11(14)10(13)6-9/h2-3,6,8H,4-5,7H2,1H3. The van der Waals surface area contributed by atoms with E-state index < -0.39 is 27.7 Å². The first-order chi connectivity index (χ1) is 9.36. The predicted molar refractivity (Wildman–Crippen MR) is 70.3 cm³/mol. The summed E-state index contributed by atoms with van der Waals surface area (Å²) in [5.41, 5.74) is 0. The molecule has 0 amide bonds. The van der Waals surface area contributed by atoms with Gasteiger partial charge in [-0.2, -0.15) is 4.31 Å². The van der Waals surface area contributed by atoms with Gasteiger partial charge in [-0.15, -0.1) is 0 Å². The van der Waals surface area contributed by atoms with Crippen LogP contribution in [0.25, 0.3) is 0 Å². The quantitative estimate of drug-likeness (QED) is 0.794. The molecule has 1 aliphatic rings. The number of carbonyl (C=O) groups excluding carboxylic acids is 1. The van der Waals surface area contributed by atoms with E-state index in [2.05, 4.69) is 4.74 Å². The van der Waals surface area contributed by atoms with Crippen LogP contribution in [-0.2, 0) is 19.6 Å². The van der Waals surface area contributed by atoms with E-state index in [0.29, 0.717) is 6.42 Å². The number of ether oxygens (including phenoxy) is 1. The minimum absolute atomic E-state index is 0.0595. The summed E-state index contributed by atoms with van der Waals surface area (Å²) in [5.74, 6) is -1.58. The third kappa shape index (κ3) is 2.79. The van der Waals surface area contributed by atoms with Gasteiger partial charge in [0.2, 0.25) is 10.0 Å². The largest absolute Gasteiger partial charge is 0.469 e. The maximum atomic E-state index is 13.1. The smallest absolute Gasteiger partial charge is 0.310 e. The van der Waals surface area contributed by atoms with Gasteiger partial charge >= 0.3 is 5.97 Å². The van der Waals surface area contributed by atoms with Crippen molar-refractivity contribution < 1.29 is 22.3 Å². The van der Waals surface area contributed by atoms with Crippen molar-refractivity contribution in [2.45, 2.75) is 11.3 Å². The van der Waals surface area contributed by atoms with E-state index in [-0.39, 0.29) is 23.0 Å². The third-order valence-electron chi connectivity index (χ3n) is 3.21. The van der Waals surface area contributed by atoms with Gasteiger partial charge in [0.15, 0.2) is 0 Å². The Bertz CT molecular complexity index is 634. The van der Waals surface area contributed by atoms with E-state index in [1.807, 2.05) is 0 Å². The molecule has 20 heavy (non-hydrogen) atoms. The number of halogens is 2. The van der Waals surface area contributed by atoms with Crippen LogP contribution < -0.4 is 0 Å². The zero-order valence-electron chi connectivity index (χ0n) is 10.7. The highest BCUT2D eigenvalue weighted by molar-refractivity contribution is 7.89. The molecule has 1 fully saturated rings. The molecular formula is C12H13ClFNO4S. The summed E-state index contributed by atoms with van der Waals surface area (Å²) in [4.78, 5) is 11.3. The highest BCUT2D eigenvalue weighted by Gasteiger charge is 2.36. The van der Waals surface area contributed by atoms with Crippen LogP contribution in [0.3, 0.4) is 0 Å². The Hall–Kier alpha value is -1.18. The van der Waals surface area contributed by atoms with Gasteiger partial charge in [0.05, 0.1) is 22.9 Å². The van der Waals surface area contributed by atoms with Crippen molar-refractivity contribution in [1.29, 1.82) is 0 Å². The average molecular weight is 322 g/mol. The number of rotatable bonds is 3. The van der Waals surface area contributed by atoms with Crippen LogP contribution in [0.1, 0.15) is 6.42 Å². The molecule has 2 rings (SSSR count). The summed E-state index contributed by atoms with van der Waals surface area (Å²) in [6.45, 7) is 0.279. The van der Waals surface area contributed by atoms with Crippen molar-refractivity contribution in [2.75, 3.05) is 20.2 Å². The van der Waals surface area contributed by atoms with Crippen molar-refractivity contribution in [3.05, 3.63) is 29.0 Å². The van der Waals surface area contributed by atoms with Crippen LogP contribution in [-0.4, -0.2) is 38.9 Å². The lowest BCUT2D eigenvalue weighted by atomic mass is 10.1. The predicted octanol–water partition coefficient (Wildman–Crippen LogP) is 1.66. The number of hydrogen-bond acceptors (Lipinski definition) is 4. The van der Waals surface area contributed by atoms with Gasteiger partial charge in [0.1, 0.15) is 5.82 Å². The number of nitrogens with zero attached hydrogens (tertiary/aromatic N) is 1. The Morgan fingerprint density at radius 2 is 2.20 bits per heavy atom. The van der Waals surface area contributed by atoms with Crippen molar-refractivity contribution in [3.8, 4) is 0 Å². The summed E-state index contributed by atoms with van der Waals surface area (Å²) in [6.07, 6.45) is 0.404. The first-order valence-electron chi connectivity index (χ1n) is 5.89. The van der Waals surface area contributed by atoms with Crippen molar-refractivity contribution in [1.82, 2.24) is 4.31 Å². The van der Waals surface area contributed by atoms with Crippen molar-refractivity contribution >= 4 is 27.6 Å². The maximum Gasteiger partial charge on any atom is 0.310 e. The Kier molecular flexibility index (Phi) is 4.31. The fraction of sp³-hybridized carbons (Fsp3) is 0.417. The molecule has 0 aliphatic carbocycles.